The minimum atomic E-state index is -4.48. The second kappa shape index (κ2) is 13.1. The number of ether oxygens (including phenoxy) is 1. The van der Waals surface area contributed by atoms with Crippen molar-refractivity contribution in [3.63, 3.8) is 0 Å². The minimum absolute atomic E-state index is 0.150. The van der Waals surface area contributed by atoms with Crippen LogP contribution in [-0.4, -0.2) is 0 Å². The van der Waals surface area contributed by atoms with Crippen molar-refractivity contribution in [1.82, 2.24) is 0 Å². The zero-order valence-corrected chi connectivity index (χ0v) is 25.9. The summed E-state index contributed by atoms with van der Waals surface area (Å²) in [7, 11) is -3.00. The Morgan fingerprint density at radius 3 is 1.34 bits per heavy atom. The zero-order chi connectivity index (χ0) is 33.1. The third-order valence-corrected chi connectivity index (χ3v) is 13.2. The molecule has 0 saturated heterocycles. The predicted octanol–water partition coefficient (Wildman–Crippen LogP) is 9.87. The first-order valence-corrected chi connectivity index (χ1v) is 17.1. The van der Waals surface area contributed by atoms with E-state index in [1.807, 2.05) is 91.0 Å². The van der Waals surface area contributed by atoms with Gasteiger partial charge in [0.1, 0.15) is 0 Å². The summed E-state index contributed by atoms with van der Waals surface area (Å²) in [4.78, 5) is 0. The van der Waals surface area contributed by atoms with E-state index in [2.05, 4.69) is 0 Å². The van der Waals surface area contributed by atoms with Crippen molar-refractivity contribution in [2.45, 2.75) is 18.4 Å². The molecule has 0 saturated carbocycles. The summed E-state index contributed by atoms with van der Waals surface area (Å²) in [5.74, 6) is -0.725. The molecule has 238 valence electrons. The van der Waals surface area contributed by atoms with Crippen LogP contribution >= 0.6 is 7.26 Å². The number of hydrogen-bond acceptors (Lipinski definition) is 1. The molecule has 0 unspecified atom stereocenters. The van der Waals surface area contributed by atoms with E-state index < -0.39 is 36.5 Å². The van der Waals surface area contributed by atoms with Gasteiger partial charge in [0.2, 0.25) is 0 Å². The van der Waals surface area contributed by atoms with Crippen molar-refractivity contribution in [2.24, 2.45) is 0 Å². The van der Waals surface area contributed by atoms with Gasteiger partial charge in [-0.3, -0.25) is 0 Å². The van der Waals surface area contributed by atoms with E-state index in [0.29, 0.717) is 16.7 Å². The Balaban J connectivity index is 1.37. The summed E-state index contributed by atoms with van der Waals surface area (Å²) in [6, 6.07) is 42.8. The van der Waals surface area contributed by atoms with E-state index in [-0.39, 0.29) is 11.9 Å². The fourth-order valence-electron chi connectivity index (χ4n) is 5.95. The molecule has 0 aliphatic heterocycles. The molecule has 0 spiro atoms. The van der Waals surface area contributed by atoms with E-state index >= 15 is 8.78 Å². The van der Waals surface area contributed by atoms with Gasteiger partial charge in [-0.15, -0.1) is 0 Å². The first-order chi connectivity index (χ1) is 22.6. The molecule has 8 heteroatoms. The number of rotatable bonds is 9. The first-order valence-electron chi connectivity index (χ1n) is 14.9. The van der Waals surface area contributed by atoms with E-state index in [1.165, 1.54) is 48.5 Å². The Morgan fingerprint density at radius 2 is 0.915 bits per heavy atom. The Kier molecular flexibility index (Phi) is 8.94. The Morgan fingerprint density at radius 1 is 0.489 bits per heavy atom. The molecule has 0 fully saturated rings. The summed E-state index contributed by atoms with van der Waals surface area (Å²) >= 11 is 0. The van der Waals surface area contributed by atoms with Crippen molar-refractivity contribution >= 4 is 23.2 Å². The van der Waals surface area contributed by atoms with Crippen LogP contribution in [0.15, 0.2) is 158 Å². The molecule has 0 aliphatic rings. The van der Waals surface area contributed by atoms with Crippen molar-refractivity contribution in [1.29, 1.82) is 0 Å². The Hall–Kier alpha value is -4.87. The van der Waals surface area contributed by atoms with Gasteiger partial charge in [0, 0.05) is 0 Å². The molecule has 1 nitrogen and oxygen atoms in total. The molecule has 0 atom stereocenters. The molecule has 6 aromatic rings. The summed E-state index contributed by atoms with van der Waals surface area (Å²) in [5, 5.41) is 3.08. The van der Waals surface area contributed by atoms with E-state index in [9.17, 15) is 17.6 Å². The summed E-state index contributed by atoms with van der Waals surface area (Å²) in [6.45, 7) is 0. The average Bonchev–Trinajstić information content (AvgIpc) is 3.09. The quantitative estimate of drug-likeness (QED) is 0.111. The van der Waals surface area contributed by atoms with Crippen molar-refractivity contribution in [2.75, 3.05) is 0 Å². The molecule has 0 amide bonds. The van der Waals surface area contributed by atoms with Crippen LogP contribution in [0.3, 0.4) is 0 Å². The van der Waals surface area contributed by atoms with Crippen LogP contribution in [0.4, 0.5) is 26.3 Å². The Labute approximate surface area is 269 Å². The standard InChI is InChI=1S/C39H29F6OP/c40-33-24-25-37(46-39(44,45)32-22-18-29(19-23-32)28-16-20-31(21-17-28)38(41,42)43)30(26-33)27-47(34-10-4-1-5-11-34,35-12-6-2-7-13-35)36-14-8-3-9-15-36/h1-26,47H,27H2. The molecule has 0 radical (unpaired) electrons. The third-order valence-electron chi connectivity index (χ3n) is 8.28. The first kappa shape index (κ1) is 32.1. The average molecular weight is 659 g/mol. The van der Waals surface area contributed by atoms with Crippen LogP contribution in [0, 0.1) is 5.82 Å². The molecule has 47 heavy (non-hydrogen) atoms. The van der Waals surface area contributed by atoms with Gasteiger partial charge < -0.3 is 0 Å². The van der Waals surface area contributed by atoms with Gasteiger partial charge in [-0.1, -0.05) is 0 Å². The number of halogens is 6. The molecule has 0 aromatic heterocycles. The van der Waals surface area contributed by atoms with Crippen molar-refractivity contribution in [3.05, 3.63) is 180 Å². The molecule has 6 rings (SSSR count). The molecule has 0 aliphatic carbocycles. The normalized spacial score (nSPS) is 12.5. The van der Waals surface area contributed by atoms with Crippen LogP contribution < -0.4 is 20.7 Å². The van der Waals surface area contributed by atoms with Crippen molar-refractivity contribution in [3.8, 4) is 16.9 Å². The van der Waals surface area contributed by atoms with Crippen molar-refractivity contribution < 1.29 is 31.1 Å². The molecule has 0 bridgehead atoms. The second-order valence-electron chi connectivity index (χ2n) is 11.2. The maximum absolute atomic E-state index is 15.8. The third kappa shape index (κ3) is 6.81. The van der Waals surface area contributed by atoms with Gasteiger partial charge >= 0.3 is 251 Å². The molecule has 0 N–H and O–H groups in total. The summed E-state index contributed by atoms with van der Waals surface area (Å²) in [6.07, 6.45) is -8.05. The number of alkyl halides is 5. The fraction of sp³-hybridized carbons (Fsp3) is 0.0769. The second-order valence-corrected chi connectivity index (χ2v) is 15.1. The molecule has 6 aromatic carbocycles. The van der Waals surface area contributed by atoms with Crippen LogP contribution in [0.25, 0.3) is 11.1 Å². The number of benzene rings is 6. The topological polar surface area (TPSA) is 9.23 Å². The Bertz CT molecular complexity index is 1830. The molecular weight excluding hydrogens is 629 g/mol. The molecular formula is C39H29F6OP. The molecule has 0 heterocycles. The summed E-state index contributed by atoms with van der Waals surface area (Å²) in [5.41, 5.74) is -0.0501. The van der Waals surface area contributed by atoms with Gasteiger partial charge in [0.15, 0.2) is 0 Å². The van der Waals surface area contributed by atoms with Gasteiger partial charge in [0.05, 0.1) is 5.56 Å². The van der Waals surface area contributed by atoms with E-state index in [0.717, 1.165) is 34.1 Å². The monoisotopic (exact) mass is 658 g/mol. The number of hydrogen-bond donors (Lipinski definition) is 0. The van der Waals surface area contributed by atoms with Gasteiger partial charge in [-0.05, 0) is 0 Å². The SMILES string of the molecule is Fc1ccc(OC(F)(F)c2ccc(-c3ccc(C(F)(F)F)cc3)cc2)c(C[PH](c2ccccc2)(c2ccccc2)c2ccccc2)c1. The van der Waals surface area contributed by atoms with Crippen LogP contribution in [-0.2, 0) is 18.4 Å². The van der Waals surface area contributed by atoms with Crippen LogP contribution in [0.2, 0.25) is 0 Å². The van der Waals surface area contributed by atoms with Gasteiger partial charge in [-0.25, -0.2) is 0 Å². The fourth-order valence-corrected chi connectivity index (χ4v) is 10.7. The predicted molar refractivity (Wildman–Crippen MR) is 178 cm³/mol. The van der Waals surface area contributed by atoms with E-state index in [4.69, 9.17) is 4.74 Å². The van der Waals surface area contributed by atoms with E-state index in [1.54, 1.807) is 0 Å². The maximum atomic E-state index is 15.8. The zero-order valence-electron chi connectivity index (χ0n) is 24.9. The van der Waals surface area contributed by atoms with Crippen LogP contribution in [0.5, 0.6) is 5.75 Å². The summed E-state index contributed by atoms with van der Waals surface area (Å²) < 4.78 is 90.8. The van der Waals surface area contributed by atoms with Gasteiger partial charge in [-0.2, -0.15) is 13.2 Å². The van der Waals surface area contributed by atoms with Gasteiger partial charge in [0.25, 0.3) is 0 Å². The van der Waals surface area contributed by atoms with Crippen LogP contribution in [0.1, 0.15) is 16.7 Å².